The van der Waals surface area contributed by atoms with Gasteiger partial charge in [-0.3, -0.25) is 4.79 Å². The number of nitrogens with zero attached hydrogens (tertiary/aromatic N) is 3. The molecule has 172 valence electrons. The molecule has 3 aromatic carbocycles. The molecule has 1 aromatic heterocycles. The fourth-order valence-corrected chi connectivity index (χ4v) is 5.36. The molecule has 1 spiro atoms. The first-order valence-electron chi connectivity index (χ1n) is 11.9. The Labute approximate surface area is 199 Å². The highest BCUT2D eigenvalue weighted by Crippen LogP contribution is 2.46. The predicted molar refractivity (Wildman–Crippen MR) is 132 cm³/mol. The summed E-state index contributed by atoms with van der Waals surface area (Å²) in [5.74, 6) is 1.07. The molecule has 0 bridgehead atoms. The summed E-state index contributed by atoms with van der Waals surface area (Å²) in [6, 6.07) is 22.4. The first kappa shape index (κ1) is 20.9. The summed E-state index contributed by atoms with van der Waals surface area (Å²) < 4.78 is 8.14. The van der Waals surface area contributed by atoms with E-state index in [1.165, 1.54) is 5.56 Å². The maximum absolute atomic E-state index is 13.2. The number of para-hydroxylation sites is 2. The first-order valence-corrected chi connectivity index (χ1v) is 11.9. The quantitative estimate of drug-likeness (QED) is 0.506. The molecule has 6 rings (SSSR count). The largest absolute Gasteiger partial charge is 0.492 e. The van der Waals surface area contributed by atoms with E-state index in [2.05, 4.69) is 21.7 Å². The van der Waals surface area contributed by atoms with Crippen molar-refractivity contribution in [1.29, 1.82) is 0 Å². The van der Waals surface area contributed by atoms with Gasteiger partial charge >= 0.3 is 0 Å². The van der Waals surface area contributed by atoms with Crippen LogP contribution in [0.25, 0.3) is 11.0 Å². The van der Waals surface area contributed by atoms with Gasteiger partial charge in [-0.25, -0.2) is 4.98 Å². The minimum absolute atomic E-state index is 0.00523. The second-order valence-electron chi connectivity index (χ2n) is 9.45. The summed E-state index contributed by atoms with van der Waals surface area (Å²) >= 11 is 0. The van der Waals surface area contributed by atoms with Crippen LogP contribution in [0, 0.1) is 0 Å². The maximum atomic E-state index is 13.2. The zero-order valence-electron chi connectivity index (χ0n) is 19.1. The van der Waals surface area contributed by atoms with Crippen molar-refractivity contribution in [2.75, 3.05) is 19.7 Å². The average molecular weight is 453 g/mol. The number of carbonyl (C=O) groups is 1. The fourth-order valence-electron chi connectivity index (χ4n) is 5.36. The highest BCUT2D eigenvalue weighted by Gasteiger charge is 2.43. The molecule has 1 saturated heterocycles. The van der Waals surface area contributed by atoms with Gasteiger partial charge < -0.3 is 19.9 Å². The third-order valence-corrected chi connectivity index (χ3v) is 7.44. The van der Waals surface area contributed by atoms with E-state index in [1.54, 1.807) is 0 Å². The molecule has 2 aliphatic rings. The third-order valence-electron chi connectivity index (χ3n) is 7.44. The Kier molecular flexibility index (Phi) is 5.11. The van der Waals surface area contributed by atoms with Crippen molar-refractivity contribution in [3.63, 3.8) is 0 Å². The number of fused-ring (bicyclic) bond motifs is 3. The van der Waals surface area contributed by atoms with Crippen LogP contribution in [0.3, 0.4) is 0 Å². The van der Waals surface area contributed by atoms with Gasteiger partial charge in [0.05, 0.1) is 24.0 Å². The SMILES string of the molecule is NCc1ccc2c(c1)C1(CCN(C(=O)c3ccc(Cn4cnc5ccccc54)cc3)CC1)CO2. The van der Waals surface area contributed by atoms with Gasteiger partial charge in [0.2, 0.25) is 0 Å². The summed E-state index contributed by atoms with van der Waals surface area (Å²) in [7, 11) is 0. The number of carbonyl (C=O) groups excluding carboxylic acids is 1. The lowest BCUT2D eigenvalue weighted by atomic mass is 9.74. The topological polar surface area (TPSA) is 73.4 Å². The number of hydrogen-bond acceptors (Lipinski definition) is 4. The normalized spacial score (nSPS) is 16.6. The summed E-state index contributed by atoms with van der Waals surface area (Å²) in [6.45, 7) is 3.41. The zero-order chi connectivity index (χ0) is 23.1. The van der Waals surface area contributed by atoms with E-state index < -0.39 is 0 Å². The highest BCUT2D eigenvalue weighted by molar-refractivity contribution is 5.94. The van der Waals surface area contributed by atoms with E-state index >= 15 is 0 Å². The van der Waals surface area contributed by atoms with Crippen LogP contribution in [-0.2, 0) is 18.5 Å². The molecular weight excluding hydrogens is 424 g/mol. The maximum Gasteiger partial charge on any atom is 0.253 e. The molecule has 6 heteroatoms. The molecule has 0 unspecified atom stereocenters. The molecule has 4 aromatic rings. The number of aromatic nitrogens is 2. The van der Waals surface area contributed by atoms with Gasteiger partial charge in [0.1, 0.15) is 5.75 Å². The van der Waals surface area contributed by atoms with Crippen molar-refractivity contribution in [1.82, 2.24) is 14.5 Å². The average Bonchev–Trinajstić information content (AvgIpc) is 3.46. The highest BCUT2D eigenvalue weighted by atomic mass is 16.5. The fraction of sp³-hybridized carbons (Fsp3) is 0.286. The van der Waals surface area contributed by atoms with E-state index in [0.717, 1.165) is 65.9 Å². The number of hydrogen-bond donors (Lipinski definition) is 1. The lowest BCUT2D eigenvalue weighted by Gasteiger charge is -2.38. The molecule has 1 amide bonds. The Bertz CT molecular complexity index is 1350. The van der Waals surface area contributed by atoms with E-state index in [1.807, 2.05) is 65.8 Å². The second kappa shape index (κ2) is 8.29. The van der Waals surface area contributed by atoms with E-state index in [0.29, 0.717) is 13.2 Å². The van der Waals surface area contributed by atoms with Crippen LogP contribution in [0.1, 0.15) is 39.9 Å². The molecule has 0 aliphatic carbocycles. The Morgan fingerprint density at radius 2 is 1.76 bits per heavy atom. The molecule has 3 heterocycles. The number of likely N-dealkylation sites (tertiary alicyclic amines) is 1. The van der Waals surface area contributed by atoms with Crippen LogP contribution in [0.2, 0.25) is 0 Å². The number of amides is 1. The Morgan fingerprint density at radius 3 is 2.56 bits per heavy atom. The van der Waals surface area contributed by atoms with Gasteiger partial charge in [0.25, 0.3) is 5.91 Å². The number of imidazole rings is 1. The number of ether oxygens (including phenoxy) is 1. The zero-order valence-corrected chi connectivity index (χ0v) is 19.1. The van der Waals surface area contributed by atoms with Crippen molar-refractivity contribution in [3.8, 4) is 5.75 Å². The van der Waals surface area contributed by atoms with Gasteiger partial charge in [-0.2, -0.15) is 0 Å². The van der Waals surface area contributed by atoms with Crippen molar-refractivity contribution >= 4 is 16.9 Å². The van der Waals surface area contributed by atoms with Crippen molar-refractivity contribution in [2.45, 2.75) is 31.3 Å². The van der Waals surface area contributed by atoms with Crippen LogP contribution in [0.15, 0.2) is 73.1 Å². The third kappa shape index (κ3) is 3.55. The minimum atomic E-state index is -0.00523. The molecule has 2 aliphatic heterocycles. The van der Waals surface area contributed by atoms with Crippen molar-refractivity contribution in [2.24, 2.45) is 5.73 Å². The van der Waals surface area contributed by atoms with Gasteiger partial charge in [0.15, 0.2) is 0 Å². The lowest BCUT2D eigenvalue weighted by Crippen LogP contribution is -2.46. The molecule has 0 atom stereocenters. The number of piperidine rings is 1. The van der Waals surface area contributed by atoms with Crippen molar-refractivity contribution < 1.29 is 9.53 Å². The van der Waals surface area contributed by atoms with Crippen LogP contribution in [0.4, 0.5) is 0 Å². The summed E-state index contributed by atoms with van der Waals surface area (Å²) in [5, 5.41) is 0. The number of nitrogens with two attached hydrogens (primary N) is 1. The van der Waals surface area contributed by atoms with Gasteiger partial charge in [0, 0.05) is 42.7 Å². The second-order valence-corrected chi connectivity index (χ2v) is 9.45. The van der Waals surface area contributed by atoms with E-state index in [4.69, 9.17) is 10.5 Å². The molecule has 6 nitrogen and oxygen atoms in total. The number of rotatable bonds is 4. The number of benzene rings is 3. The van der Waals surface area contributed by atoms with Gasteiger partial charge in [-0.15, -0.1) is 0 Å². The monoisotopic (exact) mass is 452 g/mol. The lowest BCUT2D eigenvalue weighted by molar-refractivity contribution is 0.0646. The summed E-state index contributed by atoms with van der Waals surface area (Å²) in [4.78, 5) is 19.7. The molecule has 2 N–H and O–H groups in total. The van der Waals surface area contributed by atoms with Crippen LogP contribution in [-0.4, -0.2) is 40.1 Å². The Morgan fingerprint density at radius 1 is 1.00 bits per heavy atom. The molecule has 0 radical (unpaired) electrons. The Hall–Kier alpha value is -3.64. The summed E-state index contributed by atoms with van der Waals surface area (Å²) in [5.41, 5.74) is 12.2. The minimum Gasteiger partial charge on any atom is -0.492 e. The van der Waals surface area contributed by atoms with Crippen LogP contribution < -0.4 is 10.5 Å². The smallest absolute Gasteiger partial charge is 0.253 e. The van der Waals surface area contributed by atoms with Crippen LogP contribution in [0.5, 0.6) is 5.75 Å². The van der Waals surface area contributed by atoms with Gasteiger partial charge in [-0.05, 0) is 54.3 Å². The first-order chi connectivity index (χ1) is 16.6. The standard InChI is InChI=1S/C28H28N4O2/c29-16-21-7-10-26-23(15-21)28(18-34-26)11-13-31(14-12-28)27(33)22-8-5-20(6-9-22)17-32-19-30-24-3-1-2-4-25(24)32/h1-10,15,19H,11-14,16-18,29H2. The van der Waals surface area contributed by atoms with Crippen molar-refractivity contribution in [3.05, 3.63) is 95.3 Å². The predicted octanol–water partition coefficient (Wildman–Crippen LogP) is 4.11. The Balaban J connectivity index is 1.13. The summed E-state index contributed by atoms with van der Waals surface area (Å²) in [6.07, 6.45) is 3.69. The van der Waals surface area contributed by atoms with E-state index in [-0.39, 0.29) is 11.3 Å². The van der Waals surface area contributed by atoms with Gasteiger partial charge in [-0.1, -0.05) is 36.4 Å². The van der Waals surface area contributed by atoms with E-state index in [9.17, 15) is 4.79 Å². The molecule has 34 heavy (non-hydrogen) atoms. The molecule has 1 fully saturated rings. The molecule has 0 saturated carbocycles. The molecular formula is C28H28N4O2. The van der Waals surface area contributed by atoms with Crippen LogP contribution >= 0.6 is 0 Å².